The molecule has 0 radical (unpaired) electrons. The Balaban J connectivity index is 1.54. The third-order valence-electron chi connectivity index (χ3n) is 7.22. The predicted octanol–water partition coefficient (Wildman–Crippen LogP) is 3.78. The summed E-state index contributed by atoms with van der Waals surface area (Å²) in [5.74, 6) is -1.05. The summed E-state index contributed by atoms with van der Waals surface area (Å²) in [5, 5.41) is 17.7. The molecule has 7 nitrogen and oxygen atoms in total. The van der Waals surface area contributed by atoms with Crippen molar-refractivity contribution in [1.29, 1.82) is 10.5 Å². The van der Waals surface area contributed by atoms with E-state index in [-0.39, 0.29) is 29.3 Å². The van der Waals surface area contributed by atoms with Crippen LogP contribution in [0, 0.1) is 41.9 Å². The summed E-state index contributed by atoms with van der Waals surface area (Å²) < 4.78 is 0. The zero-order valence-corrected chi connectivity index (χ0v) is 19.4. The molecule has 0 N–H and O–H groups in total. The van der Waals surface area contributed by atoms with Gasteiger partial charge < -0.3 is 4.90 Å². The topological polar surface area (TPSA) is 115 Å². The fourth-order valence-electron chi connectivity index (χ4n) is 5.48. The molecule has 2 heterocycles. The van der Waals surface area contributed by atoms with Gasteiger partial charge in [-0.25, -0.2) is 0 Å². The van der Waals surface area contributed by atoms with Crippen LogP contribution in [-0.2, 0) is 14.4 Å². The van der Waals surface area contributed by atoms with Crippen LogP contribution in [0.1, 0.15) is 60.3 Å². The second kappa shape index (κ2) is 9.19. The van der Waals surface area contributed by atoms with E-state index in [4.69, 9.17) is 10.5 Å². The molecule has 1 saturated carbocycles. The molecule has 1 aliphatic carbocycles. The van der Waals surface area contributed by atoms with Crippen LogP contribution in [0.4, 0.5) is 0 Å². The number of aromatic nitrogens is 1. The largest absolute Gasteiger partial charge is 0.342 e. The highest BCUT2D eigenvalue weighted by molar-refractivity contribution is 6.10. The summed E-state index contributed by atoms with van der Waals surface area (Å²) in [5.41, 5.74) is 4.24. The van der Waals surface area contributed by atoms with E-state index in [9.17, 15) is 14.4 Å². The van der Waals surface area contributed by atoms with Crippen LogP contribution in [0.25, 0.3) is 11.3 Å². The lowest BCUT2D eigenvalue weighted by Crippen LogP contribution is -2.48. The number of pyridine rings is 1. The molecule has 4 rings (SSSR count). The highest BCUT2D eigenvalue weighted by atomic mass is 16.2. The summed E-state index contributed by atoms with van der Waals surface area (Å²) >= 11 is 0. The molecule has 0 atom stereocenters. The number of carbonyl (C=O) groups is 3. The van der Waals surface area contributed by atoms with Crippen LogP contribution in [0.3, 0.4) is 0 Å². The Kier molecular flexibility index (Phi) is 6.30. The zero-order chi connectivity index (χ0) is 24.5. The number of hydrogen-bond donors (Lipinski definition) is 0. The number of likely N-dealkylation sites (tertiary alicyclic amines) is 1. The van der Waals surface area contributed by atoms with Gasteiger partial charge in [0.15, 0.2) is 0 Å². The Hall–Kier alpha value is -3.84. The fourth-order valence-corrected chi connectivity index (χ4v) is 5.48. The molecule has 2 fully saturated rings. The molecule has 2 aromatic rings. The van der Waals surface area contributed by atoms with Crippen LogP contribution in [-0.4, -0.2) is 40.4 Å². The van der Waals surface area contributed by atoms with Gasteiger partial charge >= 0.3 is 0 Å². The monoisotopic (exact) mass is 454 g/mol. The molecule has 0 bridgehead atoms. The minimum atomic E-state index is -0.758. The van der Waals surface area contributed by atoms with Gasteiger partial charge in [-0.15, -0.1) is 0 Å². The van der Waals surface area contributed by atoms with Gasteiger partial charge in [0.1, 0.15) is 30.0 Å². The molecule has 1 amide bonds. The van der Waals surface area contributed by atoms with Crippen molar-refractivity contribution in [3.8, 4) is 23.4 Å². The second-order valence-corrected chi connectivity index (χ2v) is 9.50. The molecule has 0 unspecified atom stereocenters. The van der Waals surface area contributed by atoms with E-state index in [0.717, 1.165) is 27.9 Å². The molecule has 172 valence electrons. The molecular formula is C27H26N4O3. The third kappa shape index (κ3) is 4.34. The maximum atomic E-state index is 13.3. The lowest BCUT2D eigenvalue weighted by atomic mass is 9.62. The zero-order valence-electron chi connectivity index (χ0n) is 19.4. The van der Waals surface area contributed by atoms with Crippen LogP contribution in [0.2, 0.25) is 0 Å². The van der Waals surface area contributed by atoms with E-state index in [1.165, 1.54) is 6.20 Å². The van der Waals surface area contributed by atoms with Gasteiger partial charge in [-0.2, -0.15) is 10.5 Å². The van der Waals surface area contributed by atoms with Gasteiger partial charge in [0.2, 0.25) is 5.91 Å². The molecule has 1 aromatic carbocycles. The van der Waals surface area contributed by atoms with Gasteiger partial charge in [0, 0.05) is 37.7 Å². The number of carbonyl (C=O) groups excluding carboxylic acids is 3. The van der Waals surface area contributed by atoms with Crippen molar-refractivity contribution >= 4 is 17.5 Å². The molecule has 1 spiro atoms. The van der Waals surface area contributed by atoms with Crippen molar-refractivity contribution in [2.75, 3.05) is 13.1 Å². The lowest BCUT2D eigenvalue weighted by molar-refractivity contribution is -0.140. The number of piperidine rings is 1. The standard InChI is InChI=1S/C27H26N4O3/c1-17-11-20(21-4-3-19(15-29)16-30-21)12-18(2)25(17)26-22(32)13-27(14-23(26)33)6-9-31(10-7-27)24(34)5-8-28/h3-4,11-12,16,26H,5-7,9-10,13-14H2,1-2H3. The van der Waals surface area contributed by atoms with Gasteiger partial charge in [0.25, 0.3) is 0 Å². The number of amides is 1. The summed E-state index contributed by atoms with van der Waals surface area (Å²) in [4.78, 5) is 44.7. The van der Waals surface area contributed by atoms with Crippen LogP contribution in [0.15, 0.2) is 30.5 Å². The lowest BCUT2D eigenvalue weighted by Gasteiger charge is -2.44. The molecule has 1 aliphatic heterocycles. The molecule has 2 aliphatic rings. The highest BCUT2D eigenvalue weighted by Crippen LogP contribution is 2.47. The number of Topliss-reactive ketones (excluding diaryl/α,β-unsaturated/α-hetero) is 2. The average Bonchev–Trinajstić information content (AvgIpc) is 2.81. The Morgan fingerprint density at radius 2 is 1.71 bits per heavy atom. The van der Waals surface area contributed by atoms with Crippen LogP contribution in [0.5, 0.6) is 0 Å². The van der Waals surface area contributed by atoms with Crippen molar-refractivity contribution in [1.82, 2.24) is 9.88 Å². The number of nitrogens with zero attached hydrogens (tertiary/aromatic N) is 4. The maximum Gasteiger partial charge on any atom is 0.236 e. The van der Waals surface area contributed by atoms with Crippen molar-refractivity contribution in [3.63, 3.8) is 0 Å². The minimum Gasteiger partial charge on any atom is -0.342 e. The van der Waals surface area contributed by atoms with E-state index in [0.29, 0.717) is 44.3 Å². The van der Waals surface area contributed by atoms with E-state index in [2.05, 4.69) is 11.1 Å². The SMILES string of the molecule is Cc1cc(-c2ccc(C#N)cn2)cc(C)c1C1C(=O)CC2(CCN(C(=O)CC#N)CC2)CC1=O. The van der Waals surface area contributed by atoms with Crippen molar-refractivity contribution in [3.05, 3.63) is 52.7 Å². The maximum absolute atomic E-state index is 13.3. The van der Waals surface area contributed by atoms with Gasteiger partial charge in [-0.1, -0.05) is 0 Å². The number of nitriles is 2. The molecule has 34 heavy (non-hydrogen) atoms. The molecule has 1 aromatic heterocycles. The van der Waals surface area contributed by atoms with E-state index in [1.807, 2.05) is 32.0 Å². The first-order chi connectivity index (χ1) is 16.3. The number of hydrogen-bond acceptors (Lipinski definition) is 6. The smallest absolute Gasteiger partial charge is 0.236 e. The van der Waals surface area contributed by atoms with E-state index in [1.54, 1.807) is 17.0 Å². The van der Waals surface area contributed by atoms with Gasteiger partial charge in [-0.05, 0) is 73.1 Å². The molecule has 1 saturated heterocycles. The summed E-state index contributed by atoms with van der Waals surface area (Å²) in [6, 6.07) is 11.3. The van der Waals surface area contributed by atoms with Crippen molar-refractivity contribution in [2.45, 2.75) is 51.9 Å². The number of benzene rings is 1. The Bertz CT molecular complexity index is 1200. The quantitative estimate of drug-likeness (QED) is 0.652. The summed E-state index contributed by atoms with van der Waals surface area (Å²) in [6.45, 7) is 4.80. The Morgan fingerprint density at radius 1 is 1.09 bits per heavy atom. The fraction of sp³-hybridized carbons (Fsp3) is 0.407. The summed E-state index contributed by atoms with van der Waals surface area (Å²) in [6.07, 6.45) is 3.27. The van der Waals surface area contributed by atoms with Gasteiger partial charge in [-0.3, -0.25) is 19.4 Å². The van der Waals surface area contributed by atoms with E-state index >= 15 is 0 Å². The summed E-state index contributed by atoms with van der Waals surface area (Å²) in [7, 11) is 0. The number of rotatable bonds is 3. The molecular weight excluding hydrogens is 428 g/mol. The number of ketones is 2. The van der Waals surface area contributed by atoms with Crippen LogP contribution < -0.4 is 0 Å². The first kappa shape index (κ1) is 23.3. The van der Waals surface area contributed by atoms with Crippen LogP contribution >= 0.6 is 0 Å². The third-order valence-corrected chi connectivity index (χ3v) is 7.22. The normalized spacial score (nSPS) is 17.9. The first-order valence-electron chi connectivity index (χ1n) is 11.4. The second-order valence-electron chi connectivity index (χ2n) is 9.50. The molecule has 7 heteroatoms. The average molecular weight is 455 g/mol. The van der Waals surface area contributed by atoms with Crippen molar-refractivity contribution < 1.29 is 14.4 Å². The number of aryl methyl sites for hydroxylation is 2. The highest BCUT2D eigenvalue weighted by Gasteiger charge is 2.47. The van der Waals surface area contributed by atoms with E-state index < -0.39 is 5.92 Å². The Labute approximate surface area is 199 Å². The first-order valence-corrected chi connectivity index (χ1v) is 11.4. The van der Waals surface area contributed by atoms with Crippen molar-refractivity contribution in [2.24, 2.45) is 5.41 Å². The minimum absolute atomic E-state index is 0.0523. The predicted molar refractivity (Wildman–Crippen MR) is 124 cm³/mol. The van der Waals surface area contributed by atoms with Gasteiger partial charge in [0.05, 0.1) is 17.3 Å². The Morgan fingerprint density at radius 3 is 2.21 bits per heavy atom.